The van der Waals surface area contributed by atoms with Crippen molar-refractivity contribution in [2.24, 2.45) is 5.10 Å². The third-order valence-electron chi connectivity index (χ3n) is 4.52. The van der Waals surface area contributed by atoms with Crippen LogP contribution in [0.4, 0.5) is 0 Å². The molecule has 0 spiro atoms. The zero-order valence-electron chi connectivity index (χ0n) is 18.3. The maximum absolute atomic E-state index is 12.5. The van der Waals surface area contributed by atoms with E-state index in [1.165, 1.54) is 36.5 Å². The molecule has 0 aliphatic rings. The summed E-state index contributed by atoms with van der Waals surface area (Å²) < 4.78 is 1.76. The van der Waals surface area contributed by atoms with Gasteiger partial charge in [0, 0.05) is 17.0 Å². The van der Waals surface area contributed by atoms with E-state index >= 15 is 0 Å². The number of aromatic carboxylic acids is 2. The molecule has 1 aromatic heterocycles. The molecule has 166 valence electrons. The Morgan fingerprint density at radius 3 is 2.12 bits per heavy atom. The molecule has 3 rings (SSSR count). The highest BCUT2D eigenvalue weighted by atomic mass is 16.4. The summed E-state index contributed by atoms with van der Waals surface area (Å²) in [4.78, 5) is 35.2. The minimum Gasteiger partial charge on any atom is -0.478 e. The Kier molecular flexibility index (Phi) is 8.06. The molecule has 8 heteroatoms. The summed E-state index contributed by atoms with van der Waals surface area (Å²) in [7, 11) is 0. The van der Waals surface area contributed by atoms with Gasteiger partial charge < -0.3 is 14.8 Å². The molecule has 0 saturated heterocycles. The average molecular weight is 435 g/mol. The Balaban J connectivity index is 0.00000176. The van der Waals surface area contributed by atoms with Gasteiger partial charge in [0.15, 0.2) is 0 Å². The van der Waals surface area contributed by atoms with Crippen LogP contribution in [0.15, 0.2) is 59.7 Å². The number of aryl methyl sites for hydroxylation is 2. The van der Waals surface area contributed by atoms with Crippen LogP contribution in [0.2, 0.25) is 0 Å². The van der Waals surface area contributed by atoms with E-state index in [4.69, 9.17) is 5.11 Å². The highest BCUT2D eigenvalue weighted by molar-refractivity contribution is 5.99. The fraction of sp³-hybridized carbons (Fsp3) is 0.167. The first-order chi connectivity index (χ1) is 15.3. The van der Waals surface area contributed by atoms with Crippen molar-refractivity contribution in [2.75, 3.05) is 0 Å². The molecule has 0 fully saturated rings. The van der Waals surface area contributed by atoms with Crippen molar-refractivity contribution in [1.29, 1.82) is 0 Å². The van der Waals surface area contributed by atoms with E-state index in [0.717, 1.165) is 11.4 Å². The molecule has 2 aromatic carbocycles. The minimum absolute atomic E-state index is 0.0722. The lowest BCUT2D eigenvalue weighted by atomic mass is 10.1. The zero-order valence-corrected chi connectivity index (χ0v) is 18.3. The number of nitrogens with zero attached hydrogens (tertiary/aromatic N) is 2. The van der Waals surface area contributed by atoms with Crippen LogP contribution in [0, 0.1) is 13.8 Å². The lowest BCUT2D eigenvalue weighted by Crippen LogP contribution is -2.19. The van der Waals surface area contributed by atoms with Crippen molar-refractivity contribution < 1.29 is 24.6 Å². The van der Waals surface area contributed by atoms with E-state index in [9.17, 15) is 19.5 Å². The van der Waals surface area contributed by atoms with Crippen molar-refractivity contribution in [2.45, 2.75) is 27.7 Å². The standard InChI is InChI=1S/C22H19N3O5.C2H6/c1-13-6-7-14(2)25(13)19-11-16(8-9-18(19)22(29)30)20(26)24-23-12-15-4-3-5-17(10-15)21(27)28;1-2/h3-12H,1-2H3,(H,24,26)(H,27,28)(H,29,30);1-2H3/b23-12+;. The monoisotopic (exact) mass is 435 g/mol. The summed E-state index contributed by atoms with van der Waals surface area (Å²) in [6, 6.07) is 14.1. The molecule has 0 aliphatic carbocycles. The molecule has 0 aliphatic heterocycles. The van der Waals surface area contributed by atoms with E-state index in [0.29, 0.717) is 11.3 Å². The molecule has 0 saturated carbocycles. The maximum Gasteiger partial charge on any atom is 0.337 e. The van der Waals surface area contributed by atoms with Gasteiger partial charge >= 0.3 is 11.9 Å². The molecule has 8 nitrogen and oxygen atoms in total. The lowest BCUT2D eigenvalue weighted by Gasteiger charge is -2.14. The summed E-state index contributed by atoms with van der Waals surface area (Å²) in [5.74, 6) is -2.68. The number of hydrogen-bond donors (Lipinski definition) is 3. The lowest BCUT2D eigenvalue weighted by molar-refractivity contribution is 0.0686. The first-order valence-electron chi connectivity index (χ1n) is 9.97. The van der Waals surface area contributed by atoms with Gasteiger partial charge in [-0.2, -0.15) is 5.10 Å². The Labute approximate surface area is 185 Å². The largest absolute Gasteiger partial charge is 0.478 e. The Hall–Kier alpha value is -4.20. The minimum atomic E-state index is -1.10. The number of nitrogens with one attached hydrogen (secondary N) is 1. The highest BCUT2D eigenvalue weighted by Gasteiger charge is 2.17. The molecule has 3 N–H and O–H groups in total. The SMILES string of the molecule is CC.Cc1ccc(C)n1-c1cc(C(=O)N/N=C/c2cccc(C(=O)O)c2)ccc1C(=O)O. The van der Waals surface area contributed by atoms with Crippen molar-refractivity contribution in [3.63, 3.8) is 0 Å². The zero-order chi connectivity index (χ0) is 23.8. The van der Waals surface area contributed by atoms with Crippen molar-refractivity contribution in [3.8, 4) is 5.69 Å². The number of hydrazone groups is 1. The molecule has 0 radical (unpaired) electrons. The highest BCUT2D eigenvalue weighted by Crippen LogP contribution is 2.22. The van der Waals surface area contributed by atoms with Crippen LogP contribution in [0.1, 0.15) is 61.9 Å². The van der Waals surface area contributed by atoms with E-state index in [1.54, 1.807) is 16.7 Å². The Morgan fingerprint density at radius 1 is 0.875 bits per heavy atom. The molecular formula is C24H25N3O5. The van der Waals surface area contributed by atoms with Crippen LogP contribution in [-0.2, 0) is 0 Å². The maximum atomic E-state index is 12.5. The van der Waals surface area contributed by atoms with Crippen LogP contribution in [-0.4, -0.2) is 38.8 Å². The molecule has 0 bridgehead atoms. The topological polar surface area (TPSA) is 121 Å². The number of carbonyl (C=O) groups is 3. The summed E-state index contributed by atoms with van der Waals surface area (Å²) >= 11 is 0. The van der Waals surface area contributed by atoms with Crippen LogP contribution in [0.5, 0.6) is 0 Å². The average Bonchev–Trinajstić information content (AvgIpc) is 3.12. The fourth-order valence-electron chi connectivity index (χ4n) is 3.07. The van der Waals surface area contributed by atoms with Gasteiger partial charge in [-0.3, -0.25) is 4.79 Å². The molecule has 32 heavy (non-hydrogen) atoms. The van der Waals surface area contributed by atoms with Crippen LogP contribution < -0.4 is 5.43 Å². The van der Waals surface area contributed by atoms with Crippen molar-refractivity contribution >= 4 is 24.1 Å². The smallest absolute Gasteiger partial charge is 0.337 e. The van der Waals surface area contributed by atoms with Crippen molar-refractivity contribution in [3.05, 3.63) is 88.2 Å². The summed E-state index contributed by atoms with van der Waals surface area (Å²) in [6.07, 6.45) is 1.33. The normalized spacial score (nSPS) is 10.4. The number of carboxylic acids is 2. The summed E-state index contributed by atoms with van der Waals surface area (Å²) in [5.41, 5.74) is 5.35. The second kappa shape index (κ2) is 10.7. The van der Waals surface area contributed by atoms with Gasteiger partial charge in [-0.15, -0.1) is 0 Å². The number of amides is 1. The molecule has 0 unspecified atom stereocenters. The number of carboxylic acid groups (broad SMARTS) is 2. The van der Waals surface area contributed by atoms with Gasteiger partial charge in [-0.1, -0.05) is 26.0 Å². The first kappa shape index (κ1) is 24.1. The predicted molar refractivity (Wildman–Crippen MR) is 122 cm³/mol. The third-order valence-corrected chi connectivity index (χ3v) is 4.52. The fourth-order valence-corrected chi connectivity index (χ4v) is 3.07. The molecule has 1 heterocycles. The first-order valence-corrected chi connectivity index (χ1v) is 9.97. The summed E-state index contributed by atoms with van der Waals surface area (Å²) in [5, 5.41) is 22.4. The van der Waals surface area contributed by atoms with Gasteiger partial charge in [0.25, 0.3) is 5.91 Å². The number of benzene rings is 2. The van der Waals surface area contributed by atoms with Gasteiger partial charge in [-0.25, -0.2) is 15.0 Å². The van der Waals surface area contributed by atoms with E-state index < -0.39 is 17.8 Å². The number of carbonyl (C=O) groups excluding carboxylic acids is 1. The molecule has 1 amide bonds. The quantitative estimate of drug-likeness (QED) is 0.394. The predicted octanol–water partition coefficient (Wildman–Crippen LogP) is 4.28. The van der Waals surface area contributed by atoms with Crippen molar-refractivity contribution in [1.82, 2.24) is 9.99 Å². The van der Waals surface area contributed by atoms with Crippen LogP contribution >= 0.6 is 0 Å². The number of rotatable bonds is 6. The van der Waals surface area contributed by atoms with Gasteiger partial charge in [-0.05, 0) is 61.9 Å². The number of hydrogen-bond acceptors (Lipinski definition) is 4. The Morgan fingerprint density at radius 2 is 1.53 bits per heavy atom. The third kappa shape index (κ3) is 5.48. The van der Waals surface area contributed by atoms with Crippen LogP contribution in [0.25, 0.3) is 5.69 Å². The summed E-state index contributed by atoms with van der Waals surface area (Å²) in [6.45, 7) is 7.70. The van der Waals surface area contributed by atoms with Crippen LogP contribution in [0.3, 0.4) is 0 Å². The Bertz CT molecular complexity index is 1160. The molecular weight excluding hydrogens is 410 g/mol. The van der Waals surface area contributed by atoms with Gasteiger partial charge in [0.05, 0.1) is 23.0 Å². The second-order valence-corrected chi connectivity index (χ2v) is 6.62. The van der Waals surface area contributed by atoms with Gasteiger partial charge in [0.2, 0.25) is 0 Å². The van der Waals surface area contributed by atoms with E-state index in [1.807, 2.05) is 39.8 Å². The van der Waals surface area contributed by atoms with E-state index in [-0.39, 0.29) is 16.7 Å². The van der Waals surface area contributed by atoms with Gasteiger partial charge in [0.1, 0.15) is 0 Å². The second-order valence-electron chi connectivity index (χ2n) is 6.62. The van der Waals surface area contributed by atoms with E-state index in [2.05, 4.69) is 10.5 Å². The number of aromatic nitrogens is 1. The molecule has 3 aromatic rings. The molecule has 0 atom stereocenters.